The Morgan fingerprint density at radius 3 is 0.852 bits per heavy atom. The maximum atomic E-state index is 12.5. The van der Waals surface area contributed by atoms with Crippen molar-refractivity contribution < 1.29 is 85.0 Å². The van der Waals surface area contributed by atoms with E-state index in [1.165, 1.54) is 0 Å². The molecule has 4 aliphatic carbocycles. The number of aromatic nitrogens is 4. The van der Waals surface area contributed by atoms with Crippen molar-refractivity contribution in [3.63, 3.8) is 0 Å². The average molecular weight is 1660 g/mol. The molecule has 0 bridgehead atoms. The van der Waals surface area contributed by atoms with E-state index in [0.29, 0.717) is 135 Å². The topological polar surface area (TPSA) is 325 Å². The van der Waals surface area contributed by atoms with Crippen LogP contribution in [0.3, 0.4) is 0 Å². The van der Waals surface area contributed by atoms with Gasteiger partial charge in [0.25, 0.3) is 0 Å². The van der Waals surface area contributed by atoms with Crippen molar-refractivity contribution in [2.24, 2.45) is 0 Å². The molecule has 6 aliphatic rings. The number of ether oxygens (including phenoxy) is 4. The zero-order valence-electron chi connectivity index (χ0n) is 70.2. The van der Waals surface area contributed by atoms with Crippen LogP contribution < -0.4 is 18.9 Å². The standard InChI is InChI=1S/2C27H31N3O5.2C21H21NO4/c2*1-17(31)30-11-9-19(10-12-30)29(2)13-14-34-21-5-7-22-18(15-21)3-8-25-26(22)27(28-35-25)23-6-4-20(32)16-24(23)33;2*1-2-3-10-25-15-6-8-16-13(11-15)4-9-19-20(16)21(22-26-19)17-7-5-14(23)12-18(17)24/h2*3,5,7-8,15,19,23H,4,6,9-14,16H2,1-2H3;2*4,6,8-9,11,17H,2-3,5,7,10,12H2,1H3/t2*23-;2*17-/m1010/s1. The molecule has 18 rings (SSSR count). The van der Waals surface area contributed by atoms with Crippen LogP contribution in [0, 0.1) is 0 Å². The van der Waals surface area contributed by atoms with Gasteiger partial charge in [0.1, 0.15) is 105 Å². The molecule has 4 aromatic heterocycles. The molecule has 0 unspecified atom stereocenters. The van der Waals surface area contributed by atoms with Crippen LogP contribution in [0.2, 0.25) is 0 Å². The molecule has 4 saturated carbocycles. The number of piperidine rings is 2. The van der Waals surface area contributed by atoms with E-state index in [0.717, 1.165) is 178 Å². The lowest BCUT2D eigenvalue weighted by Crippen LogP contribution is -2.45. The van der Waals surface area contributed by atoms with Gasteiger partial charge in [-0.3, -0.25) is 57.7 Å². The second-order valence-electron chi connectivity index (χ2n) is 33.2. The highest BCUT2D eigenvalue weighted by molar-refractivity contribution is 6.15. The summed E-state index contributed by atoms with van der Waals surface area (Å²) < 4.78 is 45.8. The van der Waals surface area contributed by atoms with Crippen molar-refractivity contribution in [3.8, 4) is 23.0 Å². The van der Waals surface area contributed by atoms with E-state index in [1.807, 2.05) is 131 Å². The Morgan fingerprint density at radius 1 is 0.361 bits per heavy atom. The molecule has 2 saturated heterocycles. The van der Waals surface area contributed by atoms with E-state index >= 15 is 0 Å². The van der Waals surface area contributed by atoms with Gasteiger partial charge >= 0.3 is 0 Å². The van der Waals surface area contributed by atoms with Gasteiger partial charge in [-0.15, -0.1) is 0 Å². The summed E-state index contributed by atoms with van der Waals surface area (Å²) in [5, 5.41) is 28.2. The molecule has 6 heterocycles. The predicted octanol–water partition coefficient (Wildman–Crippen LogP) is 16.5. The Balaban J connectivity index is 0.000000128. The number of hydrogen-bond donors (Lipinski definition) is 0. The van der Waals surface area contributed by atoms with Crippen LogP contribution in [0.1, 0.15) is 203 Å². The van der Waals surface area contributed by atoms with Crippen LogP contribution in [-0.4, -0.2) is 190 Å². The van der Waals surface area contributed by atoms with Crippen LogP contribution in [0.25, 0.3) is 87.0 Å². The molecule has 2 aliphatic heterocycles. The molecule has 0 spiro atoms. The maximum absolute atomic E-state index is 12.5. The van der Waals surface area contributed by atoms with Crippen LogP contribution in [0.4, 0.5) is 0 Å². The molecule has 26 heteroatoms. The van der Waals surface area contributed by atoms with E-state index in [1.54, 1.807) is 13.8 Å². The summed E-state index contributed by atoms with van der Waals surface area (Å²) in [7, 11) is 4.23. The number of carbonyl (C=O) groups excluding carboxylic acids is 10. The first kappa shape index (κ1) is 85.1. The Bertz CT molecular complexity index is 5600. The van der Waals surface area contributed by atoms with Gasteiger partial charge in [-0.25, -0.2) is 0 Å². The second kappa shape index (κ2) is 38.4. The zero-order chi connectivity index (χ0) is 85.2. The number of benzene rings is 8. The summed E-state index contributed by atoms with van der Waals surface area (Å²) in [4.78, 5) is 128. The molecule has 26 nitrogen and oxygen atoms in total. The number of likely N-dealkylation sites (N-methyl/N-ethyl adjacent to an activating group) is 2. The lowest BCUT2D eigenvalue weighted by Gasteiger charge is -2.36. The number of fused-ring (bicyclic) bond motifs is 12. The number of hydrogen-bond acceptors (Lipinski definition) is 24. The first-order valence-corrected chi connectivity index (χ1v) is 43.0. The van der Waals surface area contributed by atoms with Gasteiger partial charge in [0, 0.05) is 90.9 Å². The molecule has 0 N–H and O–H groups in total. The molecular weight excluding hydrogens is 1550 g/mol. The highest BCUT2D eigenvalue weighted by atomic mass is 16.5. The Labute approximate surface area is 705 Å². The lowest BCUT2D eigenvalue weighted by molar-refractivity contribution is -0.132. The monoisotopic (exact) mass is 1660 g/mol. The Kier molecular flexibility index (Phi) is 26.8. The SMILES string of the molecule is CC(=O)N1CCC(N(C)CCOc2ccc3c(ccc4onc([C@@H]5CCC(=O)CC5=O)c43)c2)CC1.CC(=O)N1CCC(N(C)CCOc2ccc3c(ccc4onc([C@H]5CCC(=O)CC5=O)c43)c2)CC1.CCCCOc1ccc2c(ccc3onc([C@@H]4CCC(=O)CC4=O)c32)c1.CCCCOc1ccc2c(ccc3onc([C@H]4CCC(=O)CC4=O)c32)c1. The minimum absolute atomic E-state index is 0.000791. The maximum Gasteiger partial charge on any atom is 0.219 e. The molecule has 12 aromatic rings. The summed E-state index contributed by atoms with van der Waals surface area (Å²) in [6.45, 7) is 15.0. The lowest BCUT2D eigenvalue weighted by atomic mass is 9.83. The third-order valence-electron chi connectivity index (χ3n) is 25.0. The van der Waals surface area contributed by atoms with Crippen molar-refractivity contribution in [2.75, 3.05) is 79.8 Å². The highest BCUT2D eigenvalue weighted by Crippen LogP contribution is 2.43. The van der Waals surface area contributed by atoms with E-state index in [2.05, 4.69) is 58.4 Å². The minimum atomic E-state index is -0.395. The summed E-state index contributed by atoms with van der Waals surface area (Å²) in [5.74, 6) is 1.78. The number of amides is 2. The Morgan fingerprint density at radius 2 is 0.615 bits per heavy atom. The van der Waals surface area contributed by atoms with Crippen molar-refractivity contribution >= 4 is 145 Å². The predicted molar refractivity (Wildman–Crippen MR) is 460 cm³/mol. The second-order valence-corrected chi connectivity index (χ2v) is 33.2. The van der Waals surface area contributed by atoms with Crippen molar-refractivity contribution in [3.05, 3.63) is 144 Å². The number of ketones is 8. The quantitative estimate of drug-likeness (QED) is 0.0449. The van der Waals surface area contributed by atoms with Gasteiger partial charge < -0.3 is 46.8 Å². The van der Waals surface area contributed by atoms with Gasteiger partial charge in [-0.05, 0) is 218 Å². The van der Waals surface area contributed by atoms with Crippen LogP contribution in [0.5, 0.6) is 23.0 Å². The van der Waals surface area contributed by atoms with Crippen molar-refractivity contribution in [2.45, 2.75) is 192 Å². The molecule has 4 atom stereocenters. The molecule has 122 heavy (non-hydrogen) atoms. The van der Waals surface area contributed by atoms with Gasteiger partial charge in [0.15, 0.2) is 22.3 Å². The first-order valence-electron chi connectivity index (χ1n) is 43.0. The van der Waals surface area contributed by atoms with E-state index in [4.69, 9.17) is 37.0 Å². The smallest absolute Gasteiger partial charge is 0.219 e. The third kappa shape index (κ3) is 19.2. The van der Waals surface area contributed by atoms with Gasteiger partial charge in [-0.2, -0.15) is 0 Å². The third-order valence-corrected chi connectivity index (χ3v) is 25.0. The zero-order valence-corrected chi connectivity index (χ0v) is 70.2. The molecule has 8 aromatic carbocycles. The van der Waals surface area contributed by atoms with Gasteiger partial charge in [-0.1, -0.05) is 71.6 Å². The van der Waals surface area contributed by atoms with E-state index < -0.39 is 11.8 Å². The van der Waals surface area contributed by atoms with Crippen molar-refractivity contribution in [1.82, 2.24) is 40.2 Å². The summed E-state index contributed by atoms with van der Waals surface area (Å²) in [6.07, 6.45) is 11.8. The van der Waals surface area contributed by atoms with E-state index in [9.17, 15) is 47.9 Å². The molecular formula is C96H104N8O18. The van der Waals surface area contributed by atoms with Crippen LogP contribution in [-0.2, 0) is 47.9 Å². The molecule has 2 amide bonds. The summed E-state index contributed by atoms with van der Waals surface area (Å²) >= 11 is 0. The fourth-order valence-corrected chi connectivity index (χ4v) is 17.9. The summed E-state index contributed by atoms with van der Waals surface area (Å²) in [5.41, 5.74) is 5.19. The normalized spacial score (nSPS) is 19.0. The molecule has 6 fully saturated rings. The fourth-order valence-electron chi connectivity index (χ4n) is 17.9. The fraction of sp³-hybridized carbons (Fsp3) is 0.438. The minimum Gasteiger partial charge on any atom is -0.494 e. The number of Topliss-reactive ketones (excluding diaryl/α,β-unsaturated/α-hetero) is 8. The number of nitrogens with zero attached hydrogens (tertiary/aromatic N) is 8. The van der Waals surface area contributed by atoms with Crippen LogP contribution in [0.15, 0.2) is 139 Å². The van der Waals surface area contributed by atoms with Crippen LogP contribution >= 0.6 is 0 Å². The molecule has 636 valence electrons. The molecule has 0 radical (unpaired) electrons. The van der Waals surface area contributed by atoms with Crippen molar-refractivity contribution in [1.29, 1.82) is 0 Å². The van der Waals surface area contributed by atoms with E-state index in [-0.39, 0.29) is 95.6 Å². The number of unbranched alkanes of at least 4 members (excludes halogenated alkanes) is 2. The number of likely N-dealkylation sites (tertiary alicyclic amines) is 2. The number of carbonyl (C=O) groups is 10. The average Bonchev–Trinajstić information content (AvgIpc) is 1.66. The first-order chi connectivity index (χ1) is 59.1. The van der Waals surface area contributed by atoms with Gasteiger partial charge in [0.2, 0.25) is 11.8 Å². The Hall–Kier alpha value is -11.9. The summed E-state index contributed by atoms with van der Waals surface area (Å²) in [6, 6.07) is 40.1. The largest absolute Gasteiger partial charge is 0.494 e. The number of rotatable bonds is 22. The van der Waals surface area contributed by atoms with Gasteiger partial charge in [0.05, 0.1) is 84.1 Å². The highest BCUT2D eigenvalue weighted by Gasteiger charge is 2.38.